The van der Waals surface area contributed by atoms with Crippen LogP contribution in [0.5, 0.6) is 0 Å². The number of amides is 1. The number of benzene rings is 2. The maximum absolute atomic E-state index is 15.9. The molecule has 0 bridgehead atoms. The topological polar surface area (TPSA) is 120 Å². The number of aliphatic hydroxyl groups is 2. The van der Waals surface area contributed by atoms with Crippen LogP contribution in [0.25, 0.3) is 22.2 Å². The van der Waals surface area contributed by atoms with Crippen LogP contribution in [0.2, 0.25) is 0 Å². The normalized spacial score (nSPS) is 19.2. The van der Waals surface area contributed by atoms with Crippen LogP contribution in [0.3, 0.4) is 0 Å². The molecule has 0 radical (unpaired) electrons. The molecule has 2 aromatic heterocycles. The number of nitrogens with zero attached hydrogens (tertiary/aromatic N) is 7. The van der Waals surface area contributed by atoms with Gasteiger partial charge >= 0.3 is 0 Å². The lowest BCUT2D eigenvalue weighted by molar-refractivity contribution is -0.153. The molecule has 46 heavy (non-hydrogen) atoms. The summed E-state index contributed by atoms with van der Waals surface area (Å²) in [7, 11) is 1.81. The molecule has 1 aliphatic carbocycles. The molecule has 0 spiro atoms. The molecule has 2 aliphatic heterocycles. The van der Waals surface area contributed by atoms with Crippen molar-refractivity contribution < 1.29 is 23.8 Å². The summed E-state index contributed by atoms with van der Waals surface area (Å²) in [5, 5.41) is 31.7. The number of hydrogen-bond donors (Lipinski definition) is 2. The molecule has 3 aliphatic rings. The number of aliphatic hydroxyl groups excluding tert-OH is 1. The summed E-state index contributed by atoms with van der Waals surface area (Å²) in [4.78, 5) is 30.0. The van der Waals surface area contributed by atoms with E-state index in [1.165, 1.54) is 29.5 Å². The number of carbonyl (C=O) groups is 1. The van der Waals surface area contributed by atoms with Crippen LogP contribution in [-0.2, 0) is 11.2 Å². The highest BCUT2D eigenvalue weighted by atomic mass is 32.1. The zero-order valence-electron chi connectivity index (χ0n) is 25.5. The lowest BCUT2D eigenvalue weighted by Gasteiger charge is -2.45. The van der Waals surface area contributed by atoms with Gasteiger partial charge in [-0.25, -0.2) is 18.7 Å². The Hall–Kier alpha value is -4.22. The Kier molecular flexibility index (Phi) is 7.64. The van der Waals surface area contributed by atoms with Crippen LogP contribution >= 0.6 is 11.3 Å². The number of thiazole rings is 1. The Morgan fingerprint density at radius 3 is 2.54 bits per heavy atom. The summed E-state index contributed by atoms with van der Waals surface area (Å²) in [6.45, 7) is 5.13. The molecule has 2 fully saturated rings. The molecule has 2 N–H and O–H groups in total. The first-order chi connectivity index (χ1) is 22.0. The molecule has 1 atom stereocenters. The van der Waals surface area contributed by atoms with Crippen molar-refractivity contribution in [3.05, 3.63) is 64.2 Å². The van der Waals surface area contributed by atoms with Gasteiger partial charge in [-0.05, 0) is 56.2 Å². The van der Waals surface area contributed by atoms with Crippen molar-refractivity contribution in [2.75, 3.05) is 62.7 Å². The second kappa shape index (κ2) is 11.5. The van der Waals surface area contributed by atoms with Crippen molar-refractivity contribution in [2.24, 2.45) is 0 Å². The van der Waals surface area contributed by atoms with Crippen LogP contribution < -0.4 is 9.80 Å². The van der Waals surface area contributed by atoms with E-state index in [4.69, 9.17) is 4.98 Å². The molecular weight excluding hydrogens is 612 g/mol. The Morgan fingerprint density at radius 2 is 1.87 bits per heavy atom. The lowest BCUT2D eigenvalue weighted by atomic mass is 9.97. The number of likely N-dealkylation sites (tertiary alicyclic amines) is 1. The molecule has 13 heteroatoms. The van der Waals surface area contributed by atoms with Crippen molar-refractivity contribution in [1.82, 2.24) is 19.8 Å². The van der Waals surface area contributed by atoms with Crippen molar-refractivity contribution in [3.8, 4) is 17.3 Å². The van der Waals surface area contributed by atoms with E-state index < -0.39 is 17.5 Å². The number of carbonyl (C=O) groups excluding carboxylic acids is 1. The molecule has 2 saturated heterocycles. The molecule has 7 rings (SSSR count). The van der Waals surface area contributed by atoms with Gasteiger partial charge in [0.2, 0.25) is 5.91 Å². The molecule has 1 amide bonds. The fourth-order valence-corrected chi connectivity index (χ4v) is 7.54. The highest BCUT2D eigenvalue weighted by molar-refractivity contribution is 7.16. The Morgan fingerprint density at radius 1 is 1.15 bits per heavy atom. The molecule has 0 saturated carbocycles. The first-order valence-corrected chi connectivity index (χ1v) is 16.0. The van der Waals surface area contributed by atoms with Gasteiger partial charge in [0, 0.05) is 55.4 Å². The van der Waals surface area contributed by atoms with Crippen LogP contribution in [-0.4, -0.2) is 94.4 Å². The monoisotopic (exact) mass is 645 g/mol. The SMILES string of the molecule is CN(c1nc(-c2ccc(F)cc2)c(C#N)s1)c1c2c(nc3c(F)cc(N4CCN(CC(=O)N5CC(C)(O)C5)CC4)cc13)C(O)CC2. The van der Waals surface area contributed by atoms with Crippen LogP contribution in [0.15, 0.2) is 36.4 Å². The van der Waals surface area contributed by atoms with E-state index >= 15 is 4.39 Å². The summed E-state index contributed by atoms with van der Waals surface area (Å²) >= 11 is 1.19. The van der Waals surface area contributed by atoms with Crippen LogP contribution in [0.4, 0.5) is 25.3 Å². The average Bonchev–Trinajstić information content (AvgIpc) is 3.63. The first kappa shape index (κ1) is 30.4. The number of β-amino-alcohol motifs (C(OH)–C–C–N with tert-alkyl or cyclic N) is 1. The van der Waals surface area contributed by atoms with Gasteiger partial charge in [-0.2, -0.15) is 5.26 Å². The predicted molar refractivity (Wildman–Crippen MR) is 171 cm³/mol. The Bertz CT molecular complexity index is 1880. The molecule has 1 unspecified atom stereocenters. The van der Waals surface area contributed by atoms with Crippen molar-refractivity contribution in [1.29, 1.82) is 5.26 Å². The van der Waals surface area contributed by atoms with Crippen molar-refractivity contribution >= 4 is 44.7 Å². The first-order valence-electron chi connectivity index (χ1n) is 15.2. The number of fused-ring (bicyclic) bond motifs is 2. The number of hydrogen-bond acceptors (Lipinski definition) is 10. The van der Waals surface area contributed by atoms with Crippen LogP contribution in [0.1, 0.15) is 35.6 Å². The number of pyridine rings is 1. The molecule has 10 nitrogen and oxygen atoms in total. The van der Waals surface area contributed by atoms with Gasteiger partial charge in [-0.3, -0.25) is 9.69 Å². The number of nitriles is 1. The maximum Gasteiger partial charge on any atom is 0.236 e. The van der Waals surface area contributed by atoms with E-state index in [0.717, 1.165) is 5.56 Å². The number of aromatic nitrogens is 2. The third-order valence-electron chi connectivity index (χ3n) is 9.08. The van der Waals surface area contributed by atoms with E-state index in [1.54, 1.807) is 24.0 Å². The van der Waals surface area contributed by atoms with Gasteiger partial charge in [0.05, 0.1) is 42.7 Å². The van der Waals surface area contributed by atoms with E-state index in [1.807, 2.05) is 18.0 Å². The van der Waals surface area contributed by atoms with Crippen LogP contribution in [0, 0.1) is 23.0 Å². The second-order valence-corrected chi connectivity index (χ2v) is 13.5. The summed E-state index contributed by atoms with van der Waals surface area (Å²) in [6, 6.07) is 11.4. The predicted octanol–water partition coefficient (Wildman–Crippen LogP) is 3.97. The Balaban J connectivity index is 1.20. The third-order valence-corrected chi connectivity index (χ3v) is 10.1. The van der Waals surface area contributed by atoms with E-state index in [-0.39, 0.29) is 23.8 Å². The minimum absolute atomic E-state index is 0.00384. The molecular formula is C33H33F2N7O3S. The van der Waals surface area contributed by atoms with E-state index in [0.29, 0.717) is 95.8 Å². The standard InChI is InChI=1S/C33H33F2N7O3S/c1-33(45)17-42(18-33)27(44)16-40-9-11-41(12-10-40)21-13-23-29(24(35)14-21)37-30-22(7-8-25(30)43)31(23)39(2)32-38-28(26(15-36)46-32)19-3-5-20(34)6-4-19/h3-6,13-14,25,43,45H,7-12,16-18H2,1-2H3. The van der Waals surface area contributed by atoms with E-state index in [2.05, 4.69) is 20.9 Å². The second-order valence-electron chi connectivity index (χ2n) is 12.6. The quantitative estimate of drug-likeness (QED) is 0.321. The molecule has 4 heterocycles. The molecule has 4 aromatic rings. The number of anilines is 3. The fraction of sp³-hybridized carbons (Fsp3) is 0.394. The Labute approximate surface area is 268 Å². The third kappa shape index (κ3) is 5.45. The number of piperazine rings is 1. The summed E-state index contributed by atoms with van der Waals surface area (Å²) in [6.07, 6.45) is 0.196. The summed E-state index contributed by atoms with van der Waals surface area (Å²) < 4.78 is 29.5. The van der Waals surface area contributed by atoms with Crippen molar-refractivity contribution in [3.63, 3.8) is 0 Å². The minimum atomic E-state index is -0.815. The van der Waals surface area contributed by atoms with Gasteiger partial charge in [0.1, 0.15) is 28.0 Å². The fourth-order valence-electron chi connectivity index (χ4n) is 6.69. The largest absolute Gasteiger partial charge is 0.387 e. The van der Waals surface area contributed by atoms with Gasteiger partial charge in [0.15, 0.2) is 10.9 Å². The highest BCUT2D eigenvalue weighted by Gasteiger charge is 2.40. The minimum Gasteiger partial charge on any atom is -0.387 e. The summed E-state index contributed by atoms with van der Waals surface area (Å²) in [5.74, 6) is -0.895. The van der Waals surface area contributed by atoms with Crippen molar-refractivity contribution in [2.45, 2.75) is 31.5 Å². The van der Waals surface area contributed by atoms with Gasteiger partial charge in [0.25, 0.3) is 0 Å². The van der Waals surface area contributed by atoms with E-state index in [9.17, 15) is 24.7 Å². The van der Waals surface area contributed by atoms with Gasteiger partial charge < -0.3 is 24.9 Å². The van der Waals surface area contributed by atoms with Gasteiger partial charge in [-0.1, -0.05) is 11.3 Å². The highest BCUT2D eigenvalue weighted by Crippen LogP contribution is 2.45. The van der Waals surface area contributed by atoms with Gasteiger partial charge in [-0.15, -0.1) is 0 Å². The number of halogens is 2. The zero-order valence-corrected chi connectivity index (χ0v) is 26.3. The zero-order chi connectivity index (χ0) is 32.3. The summed E-state index contributed by atoms with van der Waals surface area (Å²) in [5.41, 5.74) is 3.01. The molecule has 2 aromatic carbocycles. The smallest absolute Gasteiger partial charge is 0.236 e. The molecule has 238 valence electrons. The maximum atomic E-state index is 15.9. The lowest BCUT2D eigenvalue weighted by Crippen LogP contribution is -2.63. The number of rotatable bonds is 6. The average molecular weight is 646 g/mol.